The van der Waals surface area contributed by atoms with E-state index in [1.54, 1.807) is 12.1 Å². The van der Waals surface area contributed by atoms with Crippen molar-refractivity contribution in [1.82, 2.24) is 9.97 Å². The second-order valence-electron chi connectivity index (χ2n) is 5.68. The fourth-order valence-electron chi connectivity index (χ4n) is 2.28. The van der Waals surface area contributed by atoms with Gasteiger partial charge in [-0.15, -0.1) is 0 Å². The lowest BCUT2D eigenvalue weighted by molar-refractivity contribution is 0.102. The molecule has 0 unspecified atom stereocenters. The number of nitrogens with one attached hydrogen (secondary N) is 2. The Morgan fingerprint density at radius 3 is 2.41 bits per heavy atom. The number of rotatable bonds is 6. The van der Waals surface area contributed by atoms with E-state index in [1.165, 1.54) is 42.7 Å². The molecule has 0 atom stereocenters. The molecule has 5 nitrogen and oxygen atoms in total. The number of nitrogens with zero attached hydrogens (tertiary/aromatic N) is 2. The summed E-state index contributed by atoms with van der Waals surface area (Å²) in [6, 6.07) is 10.1. The van der Waals surface area contributed by atoms with E-state index < -0.39 is 11.7 Å². The van der Waals surface area contributed by atoms with Crippen molar-refractivity contribution in [2.45, 2.75) is 6.42 Å². The number of hydrogen-bond acceptors (Lipinski definition) is 4. The summed E-state index contributed by atoms with van der Waals surface area (Å²) in [7, 11) is 0. The van der Waals surface area contributed by atoms with Crippen molar-refractivity contribution in [1.29, 1.82) is 0 Å². The molecule has 0 radical (unpaired) electrons. The van der Waals surface area contributed by atoms with Crippen molar-refractivity contribution in [3.63, 3.8) is 0 Å². The van der Waals surface area contributed by atoms with Crippen molar-refractivity contribution in [3.8, 4) is 0 Å². The molecule has 1 aromatic heterocycles. The number of anilines is 2. The van der Waals surface area contributed by atoms with Gasteiger partial charge in [-0.1, -0.05) is 23.7 Å². The van der Waals surface area contributed by atoms with E-state index in [9.17, 15) is 13.6 Å². The molecule has 0 fully saturated rings. The van der Waals surface area contributed by atoms with Crippen molar-refractivity contribution in [2.24, 2.45) is 0 Å². The molecule has 3 aromatic rings. The van der Waals surface area contributed by atoms with Crippen LogP contribution in [-0.2, 0) is 6.42 Å². The smallest absolute Gasteiger partial charge is 0.258 e. The fraction of sp³-hybridized carbons (Fsp3) is 0.105. The lowest BCUT2D eigenvalue weighted by atomic mass is 10.1. The predicted octanol–water partition coefficient (Wildman–Crippen LogP) is 4.32. The molecule has 2 N–H and O–H groups in total. The minimum Gasteiger partial charge on any atom is -0.354 e. The van der Waals surface area contributed by atoms with Gasteiger partial charge >= 0.3 is 0 Å². The highest BCUT2D eigenvalue weighted by molar-refractivity contribution is 6.31. The van der Waals surface area contributed by atoms with Crippen LogP contribution in [0.5, 0.6) is 0 Å². The highest BCUT2D eigenvalue weighted by atomic mass is 35.5. The molecule has 0 saturated carbocycles. The minimum absolute atomic E-state index is 0.0789. The summed E-state index contributed by atoms with van der Waals surface area (Å²) in [5.41, 5.74) is 1.60. The Labute approximate surface area is 159 Å². The molecule has 0 spiro atoms. The first kappa shape index (κ1) is 18.7. The first-order chi connectivity index (χ1) is 13.0. The van der Waals surface area contributed by atoms with Crippen LogP contribution in [0.15, 0.2) is 54.9 Å². The van der Waals surface area contributed by atoms with E-state index in [1.807, 2.05) is 0 Å². The third-order valence-corrected chi connectivity index (χ3v) is 3.99. The summed E-state index contributed by atoms with van der Waals surface area (Å²) in [5.74, 6) is -0.894. The minimum atomic E-state index is -0.561. The third kappa shape index (κ3) is 5.21. The molecule has 0 saturated heterocycles. The van der Waals surface area contributed by atoms with Gasteiger partial charge in [0.15, 0.2) is 0 Å². The highest BCUT2D eigenvalue weighted by Crippen LogP contribution is 2.19. The standard InChI is InChI=1S/C19H15ClF2N4O/c20-16-9-15(5-6-17(16)22)26-18(27)13-10-24-19(25-11-13)23-8-7-12-1-3-14(21)4-2-12/h1-6,9-11H,7-8H2,(H,26,27)(H,23,24,25). The van der Waals surface area contributed by atoms with Gasteiger partial charge in [-0.05, 0) is 42.3 Å². The second-order valence-corrected chi connectivity index (χ2v) is 6.09. The molecule has 1 amide bonds. The van der Waals surface area contributed by atoms with Crippen molar-refractivity contribution in [2.75, 3.05) is 17.2 Å². The van der Waals surface area contributed by atoms with Crippen molar-refractivity contribution >= 4 is 29.1 Å². The molecule has 1 heterocycles. The zero-order valence-electron chi connectivity index (χ0n) is 14.0. The van der Waals surface area contributed by atoms with Crippen LogP contribution in [0.4, 0.5) is 20.4 Å². The van der Waals surface area contributed by atoms with Crippen LogP contribution in [0.3, 0.4) is 0 Å². The molecule has 0 bridgehead atoms. The largest absolute Gasteiger partial charge is 0.354 e. The zero-order chi connectivity index (χ0) is 19.2. The van der Waals surface area contributed by atoms with Crippen LogP contribution in [0, 0.1) is 11.6 Å². The second kappa shape index (κ2) is 8.55. The summed E-state index contributed by atoms with van der Waals surface area (Å²) in [6.45, 7) is 0.561. The quantitative estimate of drug-likeness (QED) is 0.660. The number of halogens is 3. The van der Waals surface area contributed by atoms with Crippen LogP contribution in [0.1, 0.15) is 15.9 Å². The maximum atomic E-state index is 13.1. The Balaban J connectivity index is 1.53. The monoisotopic (exact) mass is 388 g/mol. The number of benzene rings is 2. The van der Waals surface area contributed by atoms with E-state index >= 15 is 0 Å². The molecule has 0 aliphatic carbocycles. The molecule has 8 heteroatoms. The topological polar surface area (TPSA) is 66.9 Å². The molecule has 0 aliphatic rings. The lowest BCUT2D eigenvalue weighted by Gasteiger charge is -2.07. The number of carbonyl (C=O) groups excluding carboxylic acids is 1. The van der Waals surface area contributed by atoms with E-state index in [0.29, 0.717) is 24.6 Å². The maximum absolute atomic E-state index is 13.1. The number of aromatic nitrogens is 2. The molecule has 3 rings (SSSR count). The van der Waals surface area contributed by atoms with Crippen molar-refractivity contribution in [3.05, 3.63) is 82.6 Å². The summed E-state index contributed by atoms with van der Waals surface area (Å²) >= 11 is 5.69. The average molecular weight is 389 g/mol. The summed E-state index contributed by atoms with van der Waals surface area (Å²) in [4.78, 5) is 20.3. The van der Waals surface area contributed by atoms with Gasteiger partial charge in [-0.3, -0.25) is 4.79 Å². The van der Waals surface area contributed by atoms with E-state index in [-0.39, 0.29) is 16.4 Å². The fourth-order valence-corrected chi connectivity index (χ4v) is 2.46. The van der Waals surface area contributed by atoms with E-state index in [2.05, 4.69) is 20.6 Å². The Morgan fingerprint density at radius 2 is 1.74 bits per heavy atom. The molecular formula is C19H15ClF2N4O. The molecular weight excluding hydrogens is 374 g/mol. The summed E-state index contributed by atoms with van der Waals surface area (Å²) in [5, 5.41) is 5.55. The number of hydrogen-bond donors (Lipinski definition) is 2. The first-order valence-electron chi connectivity index (χ1n) is 8.08. The number of amides is 1. The van der Waals surface area contributed by atoms with Gasteiger partial charge in [0.2, 0.25) is 5.95 Å². The van der Waals surface area contributed by atoms with E-state index in [4.69, 9.17) is 11.6 Å². The molecule has 0 aliphatic heterocycles. The van der Waals surface area contributed by atoms with Crippen LogP contribution in [0.2, 0.25) is 5.02 Å². The zero-order valence-corrected chi connectivity index (χ0v) is 14.8. The average Bonchev–Trinajstić information content (AvgIpc) is 2.67. The Kier molecular flexibility index (Phi) is 5.93. The Morgan fingerprint density at radius 1 is 1.04 bits per heavy atom. The Bertz CT molecular complexity index is 933. The van der Waals surface area contributed by atoms with Gasteiger partial charge in [0.1, 0.15) is 11.6 Å². The molecule has 27 heavy (non-hydrogen) atoms. The van der Waals surface area contributed by atoms with Gasteiger partial charge in [0, 0.05) is 24.6 Å². The number of carbonyl (C=O) groups is 1. The maximum Gasteiger partial charge on any atom is 0.258 e. The van der Waals surface area contributed by atoms with Gasteiger partial charge in [0.25, 0.3) is 5.91 Å². The van der Waals surface area contributed by atoms with Crippen LogP contribution in [-0.4, -0.2) is 22.4 Å². The SMILES string of the molecule is O=C(Nc1ccc(F)c(Cl)c1)c1cnc(NCCc2ccc(F)cc2)nc1. The first-order valence-corrected chi connectivity index (χ1v) is 8.46. The molecule has 2 aromatic carbocycles. The van der Waals surface area contributed by atoms with Crippen molar-refractivity contribution < 1.29 is 13.6 Å². The van der Waals surface area contributed by atoms with Gasteiger partial charge in [-0.2, -0.15) is 0 Å². The highest BCUT2D eigenvalue weighted by Gasteiger charge is 2.09. The van der Waals surface area contributed by atoms with Gasteiger partial charge in [-0.25, -0.2) is 18.7 Å². The summed E-state index contributed by atoms with van der Waals surface area (Å²) in [6.07, 6.45) is 3.44. The Hall–Kier alpha value is -3.06. The van der Waals surface area contributed by atoms with Gasteiger partial charge < -0.3 is 10.6 Å². The third-order valence-electron chi connectivity index (χ3n) is 3.70. The molecule has 138 valence electrons. The van der Waals surface area contributed by atoms with Crippen LogP contribution >= 0.6 is 11.6 Å². The predicted molar refractivity (Wildman–Crippen MR) is 100.0 cm³/mol. The normalized spacial score (nSPS) is 10.5. The van der Waals surface area contributed by atoms with Gasteiger partial charge in [0.05, 0.1) is 10.6 Å². The lowest BCUT2D eigenvalue weighted by Crippen LogP contribution is -2.14. The van der Waals surface area contributed by atoms with Crippen LogP contribution in [0.25, 0.3) is 0 Å². The van der Waals surface area contributed by atoms with Crippen LogP contribution < -0.4 is 10.6 Å². The van der Waals surface area contributed by atoms with E-state index in [0.717, 1.165) is 5.56 Å². The summed E-state index contributed by atoms with van der Waals surface area (Å²) < 4.78 is 26.0.